The summed E-state index contributed by atoms with van der Waals surface area (Å²) in [6.07, 6.45) is 5.42. The molecule has 1 N–H and O–H groups in total. The monoisotopic (exact) mass is 282 g/mol. The fourth-order valence-electron chi connectivity index (χ4n) is 2.46. The van der Waals surface area contributed by atoms with E-state index in [-0.39, 0.29) is 11.8 Å². The lowest BCUT2D eigenvalue weighted by molar-refractivity contribution is -0.148. The Labute approximate surface area is 123 Å². The number of amides is 2. The normalized spacial score (nSPS) is 16.9. The van der Waals surface area contributed by atoms with E-state index in [1.165, 1.54) is 12.8 Å². The van der Waals surface area contributed by atoms with Crippen molar-refractivity contribution in [3.63, 3.8) is 0 Å². The van der Waals surface area contributed by atoms with Crippen molar-refractivity contribution in [3.8, 4) is 0 Å². The Hall–Kier alpha value is -1.06. The number of hydrogen-bond acceptors (Lipinski definition) is 2. The molecule has 1 heterocycles. The van der Waals surface area contributed by atoms with E-state index < -0.39 is 5.41 Å². The molecule has 0 unspecified atom stereocenters. The number of rotatable bonds is 5. The highest BCUT2D eigenvalue weighted by molar-refractivity contribution is 6.04. The third kappa shape index (κ3) is 4.80. The molecule has 0 aromatic heterocycles. The lowest BCUT2D eigenvalue weighted by Gasteiger charge is -2.30. The maximum Gasteiger partial charge on any atom is 0.237 e. The van der Waals surface area contributed by atoms with Gasteiger partial charge in [-0.15, -0.1) is 0 Å². The third-order valence-electron chi connectivity index (χ3n) is 4.00. The molecule has 1 rings (SSSR count). The Bertz CT molecular complexity index is 329. The summed E-state index contributed by atoms with van der Waals surface area (Å²) in [5.74, 6) is 0.383. The van der Waals surface area contributed by atoms with Gasteiger partial charge in [-0.25, -0.2) is 0 Å². The second-order valence-corrected chi connectivity index (χ2v) is 6.77. The van der Waals surface area contributed by atoms with Gasteiger partial charge in [0.25, 0.3) is 0 Å². The maximum absolute atomic E-state index is 12.6. The fraction of sp³-hybridized carbons (Fsp3) is 0.875. The highest BCUT2D eigenvalue weighted by Crippen LogP contribution is 2.22. The van der Waals surface area contributed by atoms with Gasteiger partial charge in [-0.3, -0.25) is 9.59 Å². The quantitative estimate of drug-likeness (QED) is 0.788. The first-order chi connectivity index (χ1) is 9.35. The molecule has 1 aliphatic heterocycles. The minimum absolute atomic E-state index is 0.0264. The number of carbonyl (C=O) groups is 2. The Morgan fingerprint density at radius 1 is 1.10 bits per heavy atom. The van der Waals surface area contributed by atoms with Crippen molar-refractivity contribution in [3.05, 3.63) is 0 Å². The Kier molecular flexibility index (Phi) is 6.50. The Balaban J connectivity index is 2.56. The topological polar surface area (TPSA) is 49.4 Å². The van der Waals surface area contributed by atoms with Crippen molar-refractivity contribution in [2.45, 2.75) is 59.8 Å². The zero-order chi connectivity index (χ0) is 15.2. The van der Waals surface area contributed by atoms with Crippen LogP contribution in [0.3, 0.4) is 0 Å². The van der Waals surface area contributed by atoms with Crippen LogP contribution in [0.25, 0.3) is 0 Å². The van der Waals surface area contributed by atoms with Crippen LogP contribution >= 0.6 is 0 Å². The van der Waals surface area contributed by atoms with E-state index in [0.29, 0.717) is 12.5 Å². The molecular weight excluding hydrogens is 252 g/mol. The lowest BCUT2D eigenvalue weighted by Crippen LogP contribution is -2.50. The van der Waals surface area contributed by atoms with E-state index >= 15 is 0 Å². The smallest absolute Gasteiger partial charge is 0.237 e. The molecule has 0 saturated carbocycles. The summed E-state index contributed by atoms with van der Waals surface area (Å²) < 4.78 is 0. The zero-order valence-electron chi connectivity index (χ0n) is 13.5. The van der Waals surface area contributed by atoms with Crippen molar-refractivity contribution < 1.29 is 9.59 Å². The summed E-state index contributed by atoms with van der Waals surface area (Å²) in [6.45, 7) is 9.96. The van der Waals surface area contributed by atoms with Crippen molar-refractivity contribution >= 4 is 11.8 Å². The van der Waals surface area contributed by atoms with Crippen LogP contribution in [0.4, 0.5) is 0 Å². The van der Waals surface area contributed by atoms with E-state index in [4.69, 9.17) is 0 Å². The standard InChI is InChI=1S/C16H30N2O2/c1-13(2)9-10-17-14(19)16(3,4)15(20)18-11-7-5-6-8-12-18/h13H,5-12H2,1-4H3,(H,17,19). The molecule has 0 atom stereocenters. The van der Waals surface area contributed by atoms with Gasteiger partial charge in [0.2, 0.25) is 11.8 Å². The van der Waals surface area contributed by atoms with Gasteiger partial charge in [-0.1, -0.05) is 26.7 Å². The third-order valence-corrected chi connectivity index (χ3v) is 4.00. The molecule has 0 aliphatic carbocycles. The summed E-state index contributed by atoms with van der Waals surface area (Å²) in [5.41, 5.74) is -0.957. The minimum Gasteiger partial charge on any atom is -0.355 e. The van der Waals surface area contributed by atoms with Crippen molar-refractivity contribution in [1.82, 2.24) is 10.2 Å². The van der Waals surface area contributed by atoms with Crippen LogP contribution in [0.1, 0.15) is 59.8 Å². The lowest BCUT2D eigenvalue weighted by atomic mass is 9.90. The first-order valence-electron chi connectivity index (χ1n) is 7.93. The minimum atomic E-state index is -0.957. The predicted octanol–water partition coefficient (Wildman–Crippen LogP) is 2.58. The largest absolute Gasteiger partial charge is 0.355 e. The van der Waals surface area contributed by atoms with Gasteiger partial charge in [0.05, 0.1) is 0 Å². The van der Waals surface area contributed by atoms with E-state index in [0.717, 1.165) is 32.4 Å². The van der Waals surface area contributed by atoms with E-state index in [2.05, 4.69) is 19.2 Å². The molecular formula is C16H30N2O2. The molecule has 20 heavy (non-hydrogen) atoms. The molecule has 1 fully saturated rings. The second kappa shape index (κ2) is 7.65. The molecule has 0 aromatic carbocycles. The van der Waals surface area contributed by atoms with Crippen LogP contribution in [0.15, 0.2) is 0 Å². The van der Waals surface area contributed by atoms with Crippen LogP contribution in [0.5, 0.6) is 0 Å². The maximum atomic E-state index is 12.6. The molecule has 4 heteroatoms. The van der Waals surface area contributed by atoms with E-state index in [1.54, 1.807) is 13.8 Å². The highest BCUT2D eigenvalue weighted by atomic mass is 16.2. The Morgan fingerprint density at radius 3 is 2.15 bits per heavy atom. The summed E-state index contributed by atoms with van der Waals surface area (Å²) >= 11 is 0. The first kappa shape index (κ1) is 17.0. The van der Waals surface area contributed by atoms with Gasteiger partial charge < -0.3 is 10.2 Å². The Morgan fingerprint density at radius 2 is 1.65 bits per heavy atom. The number of carbonyl (C=O) groups excluding carboxylic acids is 2. The van der Waals surface area contributed by atoms with Gasteiger partial charge in [0.15, 0.2) is 0 Å². The molecule has 4 nitrogen and oxygen atoms in total. The van der Waals surface area contributed by atoms with Gasteiger partial charge in [-0.05, 0) is 39.0 Å². The van der Waals surface area contributed by atoms with Crippen LogP contribution < -0.4 is 5.32 Å². The van der Waals surface area contributed by atoms with Crippen molar-refractivity contribution in [1.29, 1.82) is 0 Å². The van der Waals surface area contributed by atoms with Crippen molar-refractivity contribution in [2.24, 2.45) is 11.3 Å². The SMILES string of the molecule is CC(C)CCNC(=O)C(C)(C)C(=O)N1CCCCCC1. The van der Waals surface area contributed by atoms with Crippen LogP contribution in [0, 0.1) is 11.3 Å². The van der Waals surface area contributed by atoms with Crippen LogP contribution in [0.2, 0.25) is 0 Å². The molecule has 1 aliphatic rings. The van der Waals surface area contributed by atoms with Crippen LogP contribution in [-0.2, 0) is 9.59 Å². The summed E-state index contributed by atoms with van der Waals surface area (Å²) in [4.78, 5) is 26.7. The zero-order valence-corrected chi connectivity index (χ0v) is 13.5. The van der Waals surface area contributed by atoms with E-state index in [1.807, 2.05) is 4.90 Å². The summed E-state index contributed by atoms with van der Waals surface area (Å²) in [6, 6.07) is 0. The highest BCUT2D eigenvalue weighted by Gasteiger charge is 2.38. The van der Waals surface area contributed by atoms with Gasteiger partial charge in [-0.2, -0.15) is 0 Å². The van der Waals surface area contributed by atoms with E-state index in [9.17, 15) is 9.59 Å². The molecule has 116 valence electrons. The average molecular weight is 282 g/mol. The average Bonchev–Trinajstić information content (AvgIpc) is 2.65. The number of nitrogens with one attached hydrogen (secondary N) is 1. The summed E-state index contributed by atoms with van der Waals surface area (Å²) in [5, 5.41) is 2.90. The predicted molar refractivity (Wildman–Crippen MR) is 81.3 cm³/mol. The number of hydrogen-bond donors (Lipinski definition) is 1. The molecule has 0 radical (unpaired) electrons. The number of likely N-dealkylation sites (tertiary alicyclic amines) is 1. The van der Waals surface area contributed by atoms with Crippen LogP contribution in [-0.4, -0.2) is 36.3 Å². The fourth-order valence-corrected chi connectivity index (χ4v) is 2.46. The van der Waals surface area contributed by atoms with Crippen molar-refractivity contribution in [2.75, 3.05) is 19.6 Å². The second-order valence-electron chi connectivity index (χ2n) is 6.77. The molecule has 0 bridgehead atoms. The van der Waals surface area contributed by atoms with Gasteiger partial charge in [0.1, 0.15) is 5.41 Å². The van der Waals surface area contributed by atoms with Gasteiger partial charge in [0, 0.05) is 19.6 Å². The number of nitrogens with zero attached hydrogens (tertiary/aromatic N) is 1. The molecule has 0 aromatic rings. The summed E-state index contributed by atoms with van der Waals surface area (Å²) in [7, 11) is 0. The first-order valence-corrected chi connectivity index (χ1v) is 7.93. The molecule has 2 amide bonds. The molecule has 1 saturated heterocycles. The van der Waals surface area contributed by atoms with Gasteiger partial charge >= 0.3 is 0 Å². The molecule has 0 spiro atoms.